The largest absolute Gasteiger partial charge is 0.495 e. The van der Waals surface area contributed by atoms with Crippen molar-refractivity contribution < 1.29 is 17.9 Å². The molecule has 0 radical (unpaired) electrons. The fourth-order valence-electron chi connectivity index (χ4n) is 3.10. The predicted octanol–water partition coefficient (Wildman–Crippen LogP) is 2.34. The number of nitrogens with two attached hydrogens (primary N) is 1. The van der Waals surface area contributed by atoms with Gasteiger partial charge in [0.15, 0.2) is 0 Å². The monoisotopic (exact) mass is 425 g/mol. The second-order valence-electron chi connectivity index (χ2n) is 6.47. The highest BCUT2D eigenvalue weighted by molar-refractivity contribution is 7.92. The average Bonchev–Trinajstić information content (AvgIpc) is 3.17. The Balaban J connectivity index is 0.00000280. The van der Waals surface area contributed by atoms with Gasteiger partial charge >= 0.3 is 0 Å². The molecule has 3 rings (SSSR count). The molecule has 7 nitrogen and oxygen atoms in total. The fourth-order valence-corrected chi connectivity index (χ4v) is 4.17. The van der Waals surface area contributed by atoms with Gasteiger partial charge in [-0.2, -0.15) is 0 Å². The van der Waals surface area contributed by atoms with Crippen molar-refractivity contribution in [3.8, 4) is 5.75 Å². The van der Waals surface area contributed by atoms with E-state index in [4.69, 9.17) is 10.5 Å². The number of benzene rings is 2. The molecule has 28 heavy (non-hydrogen) atoms. The van der Waals surface area contributed by atoms with E-state index in [9.17, 15) is 13.2 Å². The molecule has 1 fully saturated rings. The van der Waals surface area contributed by atoms with Gasteiger partial charge in [-0.3, -0.25) is 9.52 Å². The van der Waals surface area contributed by atoms with Crippen LogP contribution in [-0.2, 0) is 10.0 Å². The van der Waals surface area contributed by atoms with Crippen molar-refractivity contribution in [2.75, 3.05) is 31.5 Å². The lowest BCUT2D eigenvalue weighted by atomic mass is 10.1. The zero-order valence-corrected chi connectivity index (χ0v) is 17.1. The van der Waals surface area contributed by atoms with E-state index < -0.39 is 10.0 Å². The molecule has 1 amide bonds. The maximum Gasteiger partial charge on any atom is 0.262 e. The smallest absolute Gasteiger partial charge is 0.262 e. The first-order valence-corrected chi connectivity index (χ1v) is 10.2. The normalized spacial score (nSPS) is 16.4. The standard InChI is InChI=1S/C19H23N3O4S.ClH/c1-26-18-5-3-2-4-17(18)21-27(24,25)16-8-6-15(7-9-16)19(23)22-11-10-14(12-20)13-22;/h2-9,14,21H,10-13,20H2,1H3;1H. The first kappa shape index (κ1) is 22.0. The van der Waals surface area contributed by atoms with E-state index in [0.29, 0.717) is 42.6 Å². The second kappa shape index (κ2) is 9.27. The minimum atomic E-state index is -3.79. The van der Waals surface area contributed by atoms with Crippen LogP contribution in [0.2, 0.25) is 0 Å². The van der Waals surface area contributed by atoms with E-state index in [-0.39, 0.29) is 23.2 Å². The van der Waals surface area contributed by atoms with Gasteiger partial charge in [0.1, 0.15) is 5.75 Å². The molecule has 0 bridgehead atoms. The fraction of sp³-hybridized carbons (Fsp3) is 0.316. The molecule has 1 saturated heterocycles. The lowest BCUT2D eigenvalue weighted by Gasteiger charge is -2.16. The highest BCUT2D eigenvalue weighted by Crippen LogP contribution is 2.26. The summed E-state index contributed by atoms with van der Waals surface area (Å²) in [6.07, 6.45) is 0.900. The molecule has 1 atom stereocenters. The summed E-state index contributed by atoms with van der Waals surface area (Å²) < 4.78 is 32.9. The summed E-state index contributed by atoms with van der Waals surface area (Å²) in [4.78, 5) is 14.4. The minimum Gasteiger partial charge on any atom is -0.495 e. The Labute approximate surface area is 171 Å². The maximum absolute atomic E-state index is 12.6. The lowest BCUT2D eigenvalue weighted by Crippen LogP contribution is -2.29. The molecule has 3 N–H and O–H groups in total. The van der Waals surface area contributed by atoms with Gasteiger partial charge in [0.25, 0.3) is 15.9 Å². The number of para-hydroxylation sites is 2. The quantitative estimate of drug-likeness (QED) is 0.739. The Morgan fingerprint density at radius 3 is 2.50 bits per heavy atom. The molecule has 0 spiro atoms. The topological polar surface area (TPSA) is 102 Å². The van der Waals surface area contributed by atoms with E-state index >= 15 is 0 Å². The van der Waals surface area contributed by atoms with Gasteiger partial charge in [-0.05, 0) is 55.3 Å². The summed E-state index contributed by atoms with van der Waals surface area (Å²) in [5.41, 5.74) is 6.48. The number of halogens is 1. The summed E-state index contributed by atoms with van der Waals surface area (Å²) in [5, 5.41) is 0. The number of carbonyl (C=O) groups is 1. The summed E-state index contributed by atoms with van der Waals surface area (Å²) in [7, 11) is -2.32. The second-order valence-corrected chi connectivity index (χ2v) is 8.15. The number of carbonyl (C=O) groups excluding carboxylic acids is 1. The Morgan fingerprint density at radius 2 is 1.89 bits per heavy atom. The average molecular weight is 426 g/mol. The molecule has 2 aromatic rings. The lowest BCUT2D eigenvalue weighted by molar-refractivity contribution is 0.0787. The van der Waals surface area contributed by atoms with Crippen LogP contribution in [0, 0.1) is 5.92 Å². The van der Waals surface area contributed by atoms with Crippen LogP contribution in [0.15, 0.2) is 53.4 Å². The Kier molecular flexibility index (Phi) is 7.29. The van der Waals surface area contributed by atoms with Crippen LogP contribution in [0.25, 0.3) is 0 Å². The van der Waals surface area contributed by atoms with Crippen LogP contribution >= 0.6 is 12.4 Å². The highest BCUT2D eigenvalue weighted by Gasteiger charge is 2.26. The molecule has 0 aromatic heterocycles. The number of amides is 1. The summed E-state index contributed by atoms with van der Waals surface area (Å²) in [6, 6.07) is 12.7. The van der Waals surface area contributed by atoms with E-state index in [1.165, 1.54) is 31.4 Å². The SMILES string of the molecule is COc1ccccc1NS(=O)(=O)c1ccc(C(=O)N2CCC(CN)C2)cc1.Cl. The molecule has 1 aliphatic rings. The van der Waals surface area contributed by atoms with Gasteiger partial charge in [-0.15, -0.1) is 12.4 Å². The van der Waals surface area contributed by atoms with Crippen LogP contribution in [0.1, 0.15) is 16.8 Å². The van der Waals surface area contributed by atoms with E-state index in [2.05, 4.69) is 4.72 Å². The van der Waals surface area contributed by atoms with Gasteiger partial charge in [0.05, 0.1) is 17.7 Å². The van der Waals surface area contributed by atoms with Crippen molar-refractivity contribution in [1.82, 2.24) is 4.90 Å². The van der Waals surface area contributed by atoms with Gasteiger partial charge in [-0.25, -0.2) is 8.42 Å². The molecule has 1 unspecified atom stereocenters. The van der Waals surface area contributed by atoms with Gasteiger partial charge < -0.3 is 15.4 Å². The zero-order valence-electron chi connectivity index (χ0n) is 15.5. The van der Waals surface area contributed by atoms with Crippen LogP contribution in [-0.4, -0.2) is 46.0 Å². The Bertz CT molecular complexity index is 919. The number of hydrogen-bond donors (Lipinski definition) is 2. The van der Waals surface area contributed by atoms with Crippen LogP contribution in [0.5, 0.6) is 5.75 Å². The number of methoxy groups -OCH3 is 1. The van der Waals surface area contributed by atoms with Crippen molar-refractivity contribution >= 4 is 34.0 Å². The molecule has 0 saturated carbocycles. The Hall–Kier alpha value is -2.29. The number of ether oxygens (including phenoxy) is 1. The predicted molar refractivity (Wildman–Crippen MR) is 111 cm³/mol. The Morgan fingerprint density at radius 1 is 1.21 bits per heavy atom. The third kappa shape index (κ3) is 4.76. The number of rotatable bonds is 6. The van der Waals surface area contributed by atoms with Crippen LogP contribution in [0.3, 0.4) is 0 Å². The summed E-state index contributed by atoms with van der Waals surface area (Å²) in [5.74, 6) is 0.655. The summed E-state index contributed by atoms with van der Waals surface area (Å²) >= 11 is 0. The van der Waals surface area contributed by atoms with Crippen molar-refractivity contribution in [2.45, 2.75) is 11.3 Å². The number of likely N-dealkylation sites (tertiary alicyclic amines) is 1. The molecule has 152 valence electrons. The number of nitrogens with zero attached hydrogens (tertiary/aromatic N) is 1. The molecule has 1 heterocycles. The molecule has 0 aliphatic carbocycles. The highest BCUT2D eigenvalue weighted by atomic mass is 35.5. The molecular weight excluding hydrogens is 402 g/mol. The molecular formula is C19H24ClN3O4S. The number of nitrogens with one attached hydrogen (secondary N) is 1. The summed E-state index contributed by atoms with van der Waals surface area (Å²) in [6.45, 7) is 1.89. The van der Waals surface area contributed by atoms with Gasteiger partial charge in [0, 0.05) is 18.7 Å². The van der Waals surface area contributed by atoms with Crippen molar-refractivity contribution in [2.24, 2.45) is 11.7 Å². The maximum atomic E-state index is 12.6. The molecule has 1 aliphatic heterocycles. The van der Waals surface area contributed by atoms with E-state index in [1.54, 1.807) is 29.2 Å². The van der Waals surface area contributed by atoms with Gasteiger partial charge in [-0.1, -0.05) is 12.1 Å². The van der Waals surface area contributed by atoms with Crippen LogP contribution in [0.4, 0.5) is 5.69 Å². The van der Waals surface area contributed by atoms with Gasteiger partial charge in [0.2, 0.25) is 0 Å². The first-order chi connectivity index (χ1) is 12.9. The van der Waals surface area contributed by atoms with E-state index in [1.807, 2.05) is 0 Å². The molecule has 2 aromatic carbocycles. The number of anilines is 1. The van der Waals surface area contributed by atoms with Crippen molar-refractivity contribution in [3.05, 3.63) is 54.1 Å². The third-order valence-electron chi connectivity index (χ3n) is 4.67. The molecule has 9 heteroatoms. The zero-order chi connectivity index (χ0) is 19.4. The van der Waals surface area contributed by atoms with E-state index in [0.717, 1.165) is 6.42 Å². The van der Waals surface area contributed by atoms with Crippen molar-refractivity contribution in [3.63, 3.8) is 0 Å². The van der Waals surface area contributed by atoms with Crippen LogP contribution < -0.4 is 15.2 Å². The van der Waals surface area contributed by atoms with Crippen molar-refractivity contribution in [1.29, 1.82) is 0 Å². The number of hydrogen-bond acceptors (Lipinski definition) is 5. The number of sulfonamides is 1. The third-order valence-corrected chi connectivity index (χ3v) is 6.05. The first-order valence-electron chi connectivity index (χ1n) is 8.70. The minimum absolute atomic E-state index is 0.